The maximum atomic E-state index is 12.7. The van der Waals surface area contributed by atoms with Gasteiger partial charge in [-0.3, -0.25) is 14.5 Å². The van der Waals surface area contributed by atoms with Crippen molar-refractivity contribution in [1.29, 1.82) is 0 Å². The van der Waals surface area contributed by atoms with Crippen LogP contribution in [-0.2, 0) is 20.1 Å². The molecule has 0 atom stereocenters. The Kier molecular flexibility index (Phi) is 4.43. The fourth-order valence-electron chi connectivity index (χ4n) is 2.26. The fraction of sp³-hybridized carbons (Fsp3) is 0.188. The number of hydrogen-bond donors (Lipinski definition) is 0. The molecule has 0 aliphatic carbocycles. The lowest BCUT2D eigenvalue weighted by atomic mass is 10.2. The van der Waals surface area contributed by atoms with Gasteiger partial charge in [0, 0.05) is 32.2 Å². The van der Waals surface area contributed by atoms with E-state index in [1.165, 1.54) is 6.26 Å². The predicted octanol–water partition coefficient (Wildman–Crippen LogP) is 2.90. The molecule has 3 rings (SSSR count). The molecule has 0 fully saturated rings. The molecule has 0 unspecified atom stereocenters. The summed E-state index contributed by atoms with van der Waals surface area (Å²) in [6, 6.07) is 7.07. The van der Waals surface area contributed by atoms with Crippen LogP contribution in [0.4, 0.5) is 0 Å². The van der Waals surface area contributed by atoms with Gasteiger partial charge >= 0.3 is 0 Å². The van der Waals surface area contributed by atoms with Crippen LogP contribution in [0.2, 0.25) is 5.02 Å². The number of furan rings is 1. The minimum absolute atomic E-state index is 0.222. The molecule has 0 N–H and O–H groups in total. The van der Waals surface area contributed by atoms with Crippen LogP contribution in [0.25, 0.3) is 0 Å². The monoisotopic (exact) mass is 330 g/mol. The molecule has 3 heterocycles. The van der Waals surface area contributed by atoms with Gasteiger partial charge in [-0.05, 0) is 23.8 Å². The van der Waals surface area contributed by atoms with Gasteiger partial charge in [0.25, 0.3) is 5.91 Å². The minimum atomic E-state index is -0.222. The van der Waals surface area contributed by atoms with Crippen molar-refractivity contribution in [2.45, 2.75) is 13.1 Å². The summed E-state index contributed by atoms with van der Waals surface area (Å²) in [4.78, 5) is 18.4. The molecule has 0 saturated heterocycles. The lowest BCUT2D eigenvalue weighted by molar-refractivity contribution is 0.0695. The van der Waals surface area contributed by atoms with Crippen LogP contribution >= 0.6 is 11.6 Å². The molecule has 0 aromatic carbocycles. The van der Waals surface area contributed by atoms with E-state index in [0.717, 1.165) is 5.56 Å². The molecule has 0 aliphatic rings. The van der Waals surface area contributed by atoms with Crippen molar-refractivity contribution in [1.82, 2.24) is 19.7 Å². The number of rotatable bonds is 5. The Hall–Kier alpha value is -2.60. The van der Waals surface area contributed by atoms with Crippen LogP contribution in [0, 0.1) is 0 Å². The fourth-order valence-corrected chi connectivity index (χ4v) is 2.50. The molecule has 118 valence electrons. The highest BCUT2D eigenvalue weighted by molar-refractivity contribution is 6.31. The Morgan fingerprint density at radius 2 is 2.22 bits per heavy atom. The normalized spacial score (nSPS) is 10.7. The number of pyridine rings is 1. The van der Waals surface area contributed by atoms with Gasteiger partial charge in [0.2, 0.25) is 0 Å². The van der Waals surface area contributed by atoms with Gasteiger partial charge in [-0.15, -0.1) is 0 Å². The number of carbonyl (C=O) groups excluding carboxylic acids is 1. The second kappa shape index (κ2) is 6.66. The third-order valence-corrected chi connectivity index (χ3v) is 3.63. The van der Waals surface area contributed by atoms with Crippen molar-refractivity contribution >= 4 is 17.5 Å². The van der Waals surface area contributed by atoms with Gasteiger partial charge in [0.05, 0.1) is 17.8 Å². The number of halogens is 1. The molecule has 0 aliphatic heterocycles. The number of aryl methyl sites for hydroxylation is 1. The highest BCUT2D eigenvalue weighted by Crippen LogP contribution is 2.19. The summed E-state index contributed by atoms with van der Waals surface area (Å²) in [6.07, 6.45) is 6.60. The summed E-state index contributed by atoms with van der Waals surface area (Å²) in [5.41, 5.74) is 1.55. The highest BCUT2D eigenvalue weighted by atomic mass is 35.5. The number of aromatic nitrogens is 3. The Morgan fingerprint density at radius 1 is 1.35 bits per heavy atom. The van der Waals surface area contributed by atoms with Crippen LogP contribution in [0.5, 0.6) is 0 Å². The Bertz CT molecular complexity index is 784. The van der Waals surface area contributed by atoms with E-state index in [9.17, 15) is 4.79 Å². The van der Waals surface area contributed by atoms with Crippen molar-refractivity contribution in [3.8, 4) is 0 Å². The van der Waals surface area contributed by atoms with E-state index in [2.05, 4.69) is 10.1 Å². The van der Waals surface area contributed by atoms with Crippen LogP contribution in [0.3, 0.4) is 0 Å². The lowest BCUT2D eigenvalue weighted by Gasteiger charge is -2.21. The van der Waals surface area contributed by atoms with E-state index < -0.39 is 0 Å². The van der Waals surface area contributed by atoms with Crippen molar-refractivity contribution < 1.29 is 9.21 Å². The molecule has 0 saturated carbocycles. The predicted molar refractivity (Wildman–Crippen MR) is 84.7 cm³/mol. The van der Waals surface area contributed by atoms with E-state index in [1.54, 1.807) is 47.4 Å². The minimum Gasteiger partial charge on any atom is -0.459 e. The lowest BCUT2D eigenvalue weighted by Crippen LogP contribution is -2.30. The molecule has 0 spiro atoms. The second-order valence-electron chi connectivity index (χ2n) is 5.10. The first-order valence-electron chi connectivity index (χ1n) is 7.03. The number of amides is 1. The van der Waals surface area contributed by atoms with Gasteiger partial charge in [-0.1, -0.05) is 17.7 Å². The SMILES string of the molecule is Cn1cc(Cl)c(CN(Cc2cccnc2)C(=O)c2ccco2)n1. The molecule has 3 aromatic heterocycles. The highest BCUT2D eigenvalue weighted by Gasteiger charge is 2.21. The summed E-state index contributed by atoms with van der Waals surface area (Å²) >= 11 is 6.16. The number of carbonyl (C=O) groups is 1. The first-order chi connectivity index (χ1) is 11.1. The van der Waals surface area contributed by atoms with Gasteiger partial charge in [0.15, 0.2) is 5.76 Å². The average molecular weight is 331 g/mol. The number of nitrogens with zero attached hydrogens (tertiary/aromatic N) is 4. The standard InChI is InChI=1S/C16H15ClN4O2/c1-20-10-13(17)14(19-20)11-21(9-12-4-2-6-18-8-12)16(22)15-5-3-7-23-15/h2-8,10H,9,11H2,1H3. The van der Waals surface area contributed by atoms with Crippen molar-refractivity contribution in [2.24, 2.45) is 7.05 Å². The second-order valence-corrected chi connectivity index (χ2v) is 5.50. The summed E-state index contributed by atoms with van der Waals surface area (Å²) in [6.45, 7) is 0.675. The van der Waals surface area contributed by atoms with Gasteiger partial charge in [-0.25, -0.2) is 0 Å². The first-order valence-corrected chi connectivity index (χ1v) is 7.41. The summed E-state index contributed by atoms with van der Waals surface area (Å²) in [5, 5.41) is 4.82. The molecule has 7 heteroatoms. The van der Waals surface area contributed by atoms with E-state index in [0.29, 0.717) is 17.3 Å². The summed E-state index contributed by atoms with van der Waals surface area (Å²) in [7, 11) is 1.79. The Labute approximate surface area is 138 Å². The zero-order chi connectivity index (χ0) is 16.2. The maximum absolute atomic E-state index is 12.7. The topological polar surface area (TPSA) is 64.2 Å². The maximum Gasteiger partial charge on any atom is 0.290 e. The molecular formula is C16H15ClN4O2. The number of hydrogen-bond acceptors (Lipinski definition) is 4. The van der Waals surface area contributed by atoms with Gasteiger partial charge in [-0.2, -0.15) is 5.10 Å². The summed E-state index contributed by atoms with van der Waals surface area (Å²) < 4.78 is 6.84. The molecule has 23 heavy (non-hydrogen) atoms. The Morgan fingerprint density at radius 3 is 2.83 bits per heavy atom. The van der Waals surface area contributed by atoms with Crippen LogP contribution in [0.1, 0.15) is 21.8 Å². The molecular weight excluding hydrogens is 316 g/mol. The summed E-state index contributed by atoms with van der Waals surface area (Å²) in [5.74, 6) is 0.0570. The quantitative estimate of drug-likeness (QED) is 0.721. The van der Waals surface area contributed by atoms with Crippen LogP contribution in [-0.4, -0.2) is 25.6 Å². The van der Waals surface area contributed by atoms with E-state index in [1.807, 2.05) is 12.1 Å². The van der Waals surface area contributed by atoms with E-state index in [4.69, 9.17) is 16.0 Å². The molecule has 0 radical (unpaired) electrons. The van der Waals surface area contributed by atoms with Gasteiger partial charge < -0.3 is 9.32 Å². The molecule has 3 aromatic rings. The average Bonchev–Trinajstić information content (AvgIpc) is 3.17. The van der Waals surface area contributed by atoms with Crippen molar-refractivity contribution in [3.05, 3.63) is 71.2 Å². The zero-order valence-corrected chi connectivity index (χ0v) is 13.3. The molecule has 1 amide bonds. The van der Waals surface area contributed by atoms with E-state index in [-0.39, 0.29) is 18.2 Å². The van der Waals surface area contributed by atoms with Crippen molar-refractivity contribution in [2.75, 3.05) is 0 Å². The van der Waals surface area contributed by atoms with E-state index >= 15 is 0 Å². The van der Waals surface area contributed by atoms with Crippen LogP contribution < -0.4 is 0 Å². The molecule has 6 nitrogen and oxygen atoms in total. The Balaban J connectivity index is 1.86. The third kappa shape index (κ3) is 3.60. The molecule has 0 bridgehead atoms. The zero-order valence-electron chi connectivity index (χ0n) is 12.5. The third-order valence-electron chi connectivity index (χ3n) is 3.31. The first kappa shape index (κ1) is 15.3. The van der Waals surface area contributed by atoms with Crippen molar-refractivity contribution in [3.63, 3.8) is 0 Å². The largest absolute Gasteiger partial charge is 0.459 e. The smallest absolute Gasteiger partial charge is 0.290 e. The van der Waals surface area contributed by atoms with Crippen LogP contribution in [0.15, 0.2) is 53.5 Å². The van der Waals surface area contributed by atoms with Gasteiger partial charge in [0.1, 0.15) is 5.69 Å².